The Bertz CT molecular complexity index is 467. The summed E-state index contributed by atoms with van der Waals surface area (Å²) in [5.41, 5.74) is 0.770. The molecule has 0 aromatic heterocycles. The van der Waals surface area contributed by atoms with Crippen molar-refractivity contribution in [2.24, 2.45) is 5.41 Å². The van der Waals surface area contributed by atoms with Gasteiger partial charge in [0.2, 0.25) is 5.91 Å². The molecule has 0 radical (unpaired) electrons. The van der Waals surface area contributed by atoms with Gasteiger partial charge in [-0.15, -0.1) is 0 Å². The highest BCUT2D eigenvalue weighted by Gasteiger charge is 2.40. The number of aliphatic hydroxyl groups is 1. The number of hydrogen-bond acceptors (Lipinski definition) is 2. The molecular formula is C16H22ClNO2. The SMILES string of the molecule is CC(O)CNC(=O)C1(Cc2cccc(Cl)c2)CCCC1. The lowest BCUT2D eigenvalue weighted by molar-refractivity contribution is -0.131. The maximum atomic E-state index is 12.5. The first-order chi connectivity index (χ1) is 9.52. The first kappa shape index (κ1) is 15.3. The van der Waals surface area contributed by atoms with Gasteiger partial charge in [0.1, 0.15) is 0 Å². The summed E-state index contributed by atoms with van der Waals surface area (Å²) >= 11 is 6.02. The number of aliphatic hydroxyl groups excluding tert-OH is 1. The van der Waals surface area contributed by atoms with Gasteiger partial charge in [0.25, 0.3) is 0 Å². The van der Waals surface area contributed by atoms with Crippen molar-refractivity contribution >= 4 is 17.5 Å². The standard InChI is InChI=1S/C16H22ClNO2/c1-12(19)11-18-15(20)16(7-2-3-8-16)10-13-5-4-6-14(17)9-13/h4-6,9,12,19H,2-3,7-8,10-11H2,1H3,(H,18,20). The lowest BCUT2D eigenvalue weighted by Gasteiger charge is -2.28. The van der Waals surface area contributed by atoms with Crippen molar-refractivity contribution in [3.8, 4) is 0 Å². The fourth-order valence-electron chi connectivity index (χ4n) is 3.00. The van der Waals surface area contributed by atoms with Gasteiger partial charge in [0, 0.05) is 11.6 Å². The van der Waals surface area contributed by atoms with Crippen LogP contribution in [0.4, 0.5) is 0 Å². The van der Waals surface area contributed by atoms with E-state index >= 15 is 0 Å². The van der Waals surface area contributed by atoms with Crippen LogP contribution in [0, 0.1) is 5.41 Å². The molecule has 2 rings (SSSR count). The molecule has 1 amide bonds. The highest BCUT2D eigenvalue weighted by atomic mass is 35.5. The van der Waals surface area contributed by atoms with E-state index in [0.29, 0.717) is 11.6 Å². The number of rotatable bonds is 5. The third-order valence-corrected chi connectivity index (χ3v) is 4.27. The summed E-state index contributed by atoms with van der Waals surface area (Å²) in [7, 11) is 0. The molecule has 1 aromatic carbocycles. The van der Waals surface area contributed by atoms with Crippen LogP contribution in [0.2, 0.25) is 5.02 Å². The first-order valence-electron chi connectivity index (χ1n) is 7.23. The molecule has 1 atom stereocenters. The molecule has 20 heavy (non-hydrogen) atoms. The molecule has 4 heteroatoms. The molecule has 1 aliphatic carbocycles. The van der Waals surface area contributed by atoms with Gasteiger partial charge >= 0.3 is 0 Å². The minimum Gasteiger partial charge on any atom is -0.392 e. The predicted octanol–water partition coefficient (Wildman–Crippen LogP) is 2.94. The number of hydrogen-bond donors (Lipinski definition) is 2. The fourth-order valence-corrected chi connectivity index (χ4v) is 3.21. The second-order valence-corrected chi connectivity index (χ2v) is 6.29. The number of nitrogens with one attached hydrogen (secondary N) is 1. The number of carbonyl (C=O) groups excluding carboxylic acids is 1. The summed E-state index contributed by atoms with van der Waals surface area (Å²) in [4.78, 5) is 12.5. The predicted molar refractivity (Wildman–Crippen MR) is 80.7 cm³/mol. The normalized spacial score (nSPS) is 18.8. The highest BCUT2D eigenvalue weighted by molar-refractivity contribution is 6.30. The van der Waals surface area contributed by atoms with Crippen molar-refractivity contribution in [3.05, 3.63) is 34.9 Å². The second kappa shape index (κ2) is 6.59. The van der Waals surface area contributed by atoms with Gasteiger partial charge in [-0.2, -0.15) is 0 Å². The van der Waals surface area contributed by atoms with Crippen LogP contribution in [0.25, 0.3) is 0 Å². The van der Waals surface area contributed by atoms with Crippen LogP contribution in [0.15, 0.2) is 24.3 Å². The smallest absolute Gasteiger partial charge is 0.226 e. The van der Waals surface area contributed by atoms with Crippen LogP contribution in [-0.2, 0) is 11.2 Å². The quantitative estimate of drug-likeness (QED) is 0.877. The van der Waals surface area contributed by atoms with Crippen LogP contribution in [-0.4, -0.2) is 23.7 Å². The van der Waals surface area contributed by atoms with Crippen LogP contribution in [0.5, 0.6) is 0 Å². The average molecular weight is 296 g/mol. The molecule has 0 heterocycles. The third-order valence-electron chi connectivity index (χ3n) is 4.03. The minimum absolute atomic E-state index is 0.0656. The van der Waals surface area contributed by atoms with E-state index in [1.807, 2.05) is 24.3 Å². The number of benzene rings is 1. The van der Waals surface area contributed by atoms with Crippen LogP contribution in [0.3, 0.4) is 0 Å². The Morgan fingerprint density at radius 2 is 2.15 bits per heavy atom. The number of halogens is 1. The molecule has 110 valence electrons. The van der Waals surface area contributed by atoms with E-state index in [2.05, 4.69) is 5.32 Å². The zero-order valence-corrected chi connectivity index (χ0v) is 12.6. The van der Waals surface area contributed by atoms with E-state index in [0.717, 1.165) is 37.7 Å². The molecule has 1 unspecified atom stereocenters. The summed E-state index contributed by atoms with van der Waals surface area (Å²) in [6, 6.07) is 7.73. The third kappa shape index (κ3) is 3.74. The Hall–Kier alpha value is -1.06. The molecule has 1 fully saturated rings. The molecule has 0 spiro atoms. The fraction of sp³-hybridized carbons (Fsp3) is 0.562. The molecule has 1 aliphatic rings. The topological polar surface area (TPSA) is 49.3 Å². The van der Waals surface area contributed by atoms with Gasteiger partial charge < -0.3 is 10.4 Å². The summed E-state index contributed by atoms with van der Waals surface area (Å²) in [6.45, 7) is 1.99. The number of carbonyl (C=O) groups is 1. The van der Waals surface area contributed by atoms with Crippen molar-refractivity contribution < 1.29 is 9.90 Å². The maximum absolute atomic E-state index is 12.5. The zero-order valence-electron chi connectivity index (χ0n) is 11.9. The first-order valence-corrected chi connectivity index (χ1v) is 7.60. The molecule has 2 N–H and O–H groups in total. The molecule has 0 saturated heterocycles. The van der Waals surface area contributed by atoms with Crippen molar-refractivity contribution in [1.82, 2.24) is 5.32 Å². The molecule has 1 saturated carbocycles. The van der Waals surface area contributed by atoms with Gasteiger partial charge in [-0.3, -0.25) is 4.79 Å². The van der Waals surface area contributed by atoms with Gasteiger partial charge in [-0.25, -0.2) is 0 Å². The van der Waals surface area contributed by atoms with E-state index in [1.54, 1.807) is 6.92 Å². The van der Waals surface area contributed by atoms with Gasteiger partial charge in [-0.1, -0.05) is 36.6 Å². The lowest BCUT2D eigenvalue weighted by atomic mass is 9.79. The summed E-state index contributed by atoms with van der Waals surface area (Å²) in [6.07, 6.45) is 4.20. The molecule has 0 aliphatic heterocycles. The highest BCUT2D eigenvalue weighted by Crippen LogP contribution is 2.41. The molecule has 1 aromatic rings. The van der Waals surface area contributed by atoms with Crippen molar-refractivity contribution in [2.45, 2.75) is 45.1 Å². The Kier molecular flexibility index (Phi) is 5.06. The van der Waals surface area contributed by atoms with Gasteiger partial charge in [0.05, 0.1) is 11.5 Å². The van der Waals surface area contributed by atoms with Crippen LogP contribution in [0.1, 0.15) is 38.2 Å². The van der Waals surface area contributed by atoms with E-state index < -0.39 is 6.10 Å². The Morgan fingerprint density at radius 3 is 2.75 bits per heavy atom. The van der Waals surface area contributed by atoms with Crippen LogP contribution < -0.4 is 5.32 Å². The molecule has 0 bridgehead atoms. The van der Waals surface area contributed by atoms with Crippen molar-refractivity contribution in [3.63, 3.8) is 0 Å². The van der Waals surface area contributed by atoms with E-state index in [-0.39, 0.29) is 11.3 Å². The number of amides is 1. The Balaban J connectivity index is 2.11. The summed E-state index contributed by atoms with van der Waals surface area (Å²) < 4.78 is 0. The van der Waals surface area contributed by atoms with E-state index in [1.165, 1.54) is 0 Å². The zero-order chi connectivity index (χ0) is 14.6. The van der Waals surface area contributed by atoms with Gasteiger partial charge in [-0.05, 0) is 43.9 Å². The monoisotopic (exact) mass is 295 g/mol. The minimum atomic E-state index is -0.511. The largest absolute Gasteiger partial charge is 0.392 e. The Morgan fingerprint density at radius 1 is 1.45 bits per heavy atom. The Labute approximate surface area is 125 Å². The van der Waals surface area contributed by atoms with Gasteiger partial charge in [0.15, 0.2) is 0 Å². The van der Waals surface area contributed by atoms with E-state index in [9.17, 15) is 9.90 Å². The maximum Gasteiger partial charge on any atom is 0.226 e. The summed E-state index contributed by atoms with van der Waals surface area (Å²) in [5, 5.41) is 12.9. The van der Waals surface area contributed by atoms with Crippen molar-refractivity contribution in [1.29, 1.82) is 0 Å². The summed E-state index contributed by atoms with van der Waals surface area (Å²) in [5.74, 6) is 0.0656. The lowest BCUT2D eigenvalue weighted by Crippen LogP contribution is -2.43. The van der Waals surface area contributed by atoms with Crippen molar-refractivity contribution in [2.75, 3.05) is 6.54 Å². The molecule has 3 nitrogen and oxygen atoms in total. The molecular weight excluding hydrogens is 274 g/mol. The second-order valence-electron chi connectivity index (χ2n) is 5.85. The average Bonchev–Trinajstić information content (AvgIpc) is 2.85. The van der Waals surface area contributed by atoms with E-state index in [4.69, 9.17) is 11.6 Å². The van der Waals surface area contributed by atoms with Crippen LogP contribution >= 0.6 is 11.6 Å².